The molecule has 20 heavy (non-hydrogen) atoms. The molecule has 0 atom stereocenters. The molecule has 1 amide bonds. The van der Waals surface area contributed by atoms with Gasteiger partial charge in [-0.25, -0.2) is 0 Å². The zero-order valence-corrected chi connectivity index (χ0v) is 13.0. The Kier molecular flexibility index (Phi) is 5.90. The zero-order valence-electron chi connectivity index (χ0n) is 12.3. The average Bonchev–Trinajstić information content (AvgIpc) is 2.40. The number of carbonyl (C=O) groups is 1. The minimum absolute atomic E-state index is 0.292. The summed E-state index contributed by atoms with van der Waals surface area (Å²) in [5.41, 5.74) is 2.51. The van der Waals surface area contributed by atoms with Crippen molar-refractivity contribution >= 4 is 17.5 Å². The normalized spacial score (nSPS) is 14.9. The van der Waals surface area contributed by atoms with Crippen LogP contribution in [0.4, 0.5) is 0 Å². The Labute approximate surface area is 127 Å². The SMILES string of the molecule is Cc1ccc(CCC(=O)N(CCCCl)C2CCC2)cc1. The predicted octanol–water partition coefficient (Wildman–Crippen LogP) is 3.94. The summed E-state index contributed by atoms with van der Waals surface area (Å²) in [6.45, 7) is 2.90. The third-order valence-corrected chi connectivity index (χ3v) is 4.38. The maximum absolute atomic E-state index is 12.4. The third kappa shape index (κ3) is 4.24. The highest BCUT2D eigenvalue weighted by atomic mass is 35.5. The lowest BCUT2D eigenvalue weighted by atomic mass is 9.91. The molecule has 1 fully saturated rings. The molecule has 3 heteroatoms. The van der Waals surface area contributed by atoms with E-state index in [4.69, 9.17) is 11.6 Å². The number of hydrogen-bond acceptors (Lipinski definition) is 1. The lowest BCUT2D eigenvalue weighted by Gasteiger charge is -2.37. The van der Waals surface area contributed by atoms with Gasteiger partial charge in [-0.05, 0) is 44.6 Å². The molecular formula is C17H24ClNO. The van der Waals surface area contributed by atoms with Crippen molar-refractivity contribution in [2.75, 3.05) is 12.4 Å². The Morgan fingerprint density at radius 3 is 2.55 bits per heavy atom. The first kappa shape index (κ1) is 15.4. The minimum atomic E-state index is 0.292. The van der Waals surface area contributed by atoms with Crippen molar-refractivity contribution < 1.29 is 4.79 Å². The van der Waals surface area contributed by atoms with Gasteiger partial charge in [-0.2, -0.15) is 0 Å². The van der Waals surface area contributed by atoms with Gasteiger partial charge < -0.3 is 4.90 Å². The van der Waals surface area contributed by atoms with Crippen LogP contribution in [0.2, 0.25) is 0 Å². The maximum atomic E-state index is 12.4. The van der Waals surface area contributed by atoms with Gasteiger partial charge >= 0.3 is 0 Å². The van der Waals surface area contributed by atoms with E-state index in [0.717, 1.165) is 19.4 Å². The van der Waals surface area contributed by atoms with E-state index in [9.17, 15) is 4.79 Å². The first-order valence-electron chi connectivity index (χ1n) is 7.61. The Bertz CT molecular complexity index is 425. The Hall–Kier alpha value is -1.02. The maximum Gasteiger partial charge on any atom is 0.223 e. The van der Waals surface area contributed by atoms with Crippen molar-refractivity contribution in [3.05, 3.63) is 35.4 Å². The summed E-state index contributed by atoms with van der Waals surface area (Å²) >= 11 is 5.77. The lowest BCUT2D eigenvalue weighted by molar-refractivity contribution is -0.135. The van der Waals surface area contributed by atoms with Crippen molar-refractivity contribution in [3.63, 3.8) is 0 Å². The van der Waals surface area contributed by atoms with Crippen molar-refractivity contribution in [1.29, 1.82) is 0 Å². The fourth-order valence-electron chi connectivity index (χ4n) is 2.59. The van der Waals surface area contributed by atoms with E-state index in [1.54, 1.807) is 0 Å². The van der Waals surface area contributed by atoms with Crippen molar-refractivity contribution in [2.45, 2.75) is 51.5 Å². The molecular weight excluding hydrogens is 270 g/mol. The summed E-state index contributed by atoms with van der Waals surface area (Å²) in [4.78, 5) is 14.5. The molecule has 0 radical (unpaired) electrons. The van der Waals surface area contributed by atoms with Gasteiger partial charge in [-0.3, -0.25) is 4.79 Å². The van der Waals surface area contributed by atoms with Gasteiger partial charge in [0, 0.05) is 24.9 Å². The topological polar surface area (TPSA) is 20.3 Å². The quantitative estimate of drug-likeness (QED) is 0.697. The van der Waals surface area contributed by atoms with E-state index in [1.807, 2.05) is 0 Å². The lowest BCUT2D eigenvalue weighted by Crippen LogP contribution is -2.44. The molecule has 0 spiro atoms. The number of nitrogens with zero attached hydrogens (tertiary/aromatic N) is 1. The Morgan fingerprint density at radius 2 is 2.00 bits per heavy atom. The summed E-state index contributed by atoms with van der Waals surface area (Å²) in [5, 5.41) is 0. The molecule has 0 aromatic heterocycles. The van der Waals surface area contributed by atoms with Gasteiger partial charge in [-0.1, -0.05) is 29.8 Å². The van der Waals surface area contributed by atoms with E-state index in [2.05, 4.69) is 36.1 Å². The van der Waals surface area contributed by atoms with Gasteiger partial charge in [0.1, 0.15) is 0 Å². The standard InChI is InChI=1S/C17H24ClNO/c1-14-6-8-15(9-7-14)10-11-17(20)19(13-3-12-18)16-4-2-5-16/h6-9,16H,2-5,10-13H2,1H3. The molecule has 0 N–H and O–H groups in total. The second-order valence-electron chi connectivity index (χ2n) is 5.70. The molecule has 2 rings (SSSR count). The summed E-state index contributed by atoms with van der Waals surface area (Å²) in [7, 11) is 0. The van der Waals surface area contributed by atoms with E-state index >= 15 is 0 Å². The molecule has 2 nitrogen and oxygen atoms in total. The van der Waals surface area contributed by atoms with E-state index in [1.165, 1.54) is 30.4 Å². The highest BCUT2D eigenvalue weighted by molar-refractivity contribution is 6.17. The molecule has 0 saturated heterocycles. The number of amides is 1. The highest BCUT2D eigenvalue weighted by Gasteiger charge is 2.27. The molecule has 0 unspecified atom stereocenters. The Morgan fingerprint density at radius 1 is 1.30 bits per heavy atom. The number of hydrogen-bond donors (Lipinski definition) is 0. The number of halogens is 1. The van der Waals surface area contributed by atoms with Crippen LogP contribution in [-0.4, -0.2) is 29.3 Å². The van der Waals surface area contributed by atoms with E-state index in [0.29, 0.717) is 24.2 Å². The molecule has 1 aliphatic carbocycles. The van der Waals surface area contributed by atoms with E-state index in [-0.39, 0.29) is 0 Å². The molecule has 1 aliphatic rings. The van der Waals surface area contributed by atoms with Crippen LogP contribution in [0, 0.1) is 6.92 Å². The first-order valence-corrected chi connectivity index (χ1v) is 8.15. The summed E-state index contributed by atoms with van der Waals surface area (Å²) in [5.74, 6) is 0.925. The van der Waals surface area contributed by atoms with Crippen molar-refractivity contribution in [3.8, 4) is 0 Å². The van der Waals surface area contributed by atoms with E-state index < -0.39 is 0 Å². The van der Waals surface area contributed by atoms with Gasteiger partial charge in [0.2, 0.25) is 5.91 Å². The van der Waals surface area contributed by atoms with Crippen LogP contribution in [0.15, 0.2) is 24.3 Å². The summed E-state index contributed by atoms with van der Waals surface area (Å²) < 4.78 is 0. The highest BCUT2D eigenvalue weighted by Crippen LogP contribution is 2.25. The van der Waals surface area contributed by atoms with Gasteiger partial charge in [-0.15, -0.1) is 11.6 Å². The predicted molar refractivity (Wildman–Crippen MR) is 84.2 cm³/mol. The van der Waals surface area contributed by atoms with Crippen molar-refractivity contribution in [2.24, 2.45) is 0 Å². The zero-order chi connectivity index (χ0) is 14.4. The van der Waals surface area contributed by atoms with Crippen LogP contribution in [0.1, 0.15) is 43.2 Å². The average molecular weight is 294 g/mol. The molecule has 0 aliphatic heterocycles. The van der Waals surface area contributed by atoms with Crippen LogP contribution >= 0.6 is 11.6 Å². The number of carbonyl (C=O) groups excluding carboxylic acids is 1. The second kappa shape index (κ2) is 7.68. The number of benzene rings is 1. The van der Waals surface area contributed by atoms with Crippen LogP contribution in [-0.2, 0) is 11.2 Å². The first-order chi connectivity index (χ1) is 9.70. The molecule has 1 saturated carbocycles. The third-order valence-electron chi connectivity index (χ3n) is 4.12. The fourth-order valence-corrected chi connectivity index (χ4v) is 2.71. The molecule has 0 heterocycles. The van der Waals surface area contributed by atoms with Crippen LogP contribution in [0.5, 0.6) is 0 Å². The summed E-state index contributed by atoms with van der Waals surface area (Å²) in [6.07, 6.45) is 5.93. The van der Waals surface area contributed by atoms with Gasteiger partial charge in [0.25, 0.3) is 0 Å². The number of alkyl halides is 1. The molecule has 0 bridgehead atoms. The van der Waals surface area contributed by atoms with Crippen molar-refractivity contribution in [1.82, 2.24) is 4.90 Å². The number of aryl methyl sites for hydroxylation is 2. The summed E-state index contributed by atoms with van der Waals surface area (Å²) in [6, 6.07) is 8.93. The molecule has 1 aromatic rings. The van der Waals surface area contributed by atoms with Gasteiger partial charge in [0.15, 0.2) is 0 Å². The molecule has 1 aromatic carbocycles. The fraction of sp³-hybridized carbons (Fsp3) is 0.588. The van der Waals surface area contributed by atoms with Crippen LogP contribution in [0.3, 0.4) is 0 Å². The number of rotatable bonds is 7. The monoisotopic (exact) mass is 293 g/mol. The second-order valence-corrected chi connectivity index (χ2v) is 6.08. The van der Waals surface area contributed by atoms with Crippen LogP contribution < -0.4 is 0 Å². The molecule has 110 valence electrons. The smallest absolute Gasteiger partial charge is 0.223 e. The largest absolute Gasteiger partial charge is 0.340 e. The minimum Gasteiger partial charge on any atom is -0.340 e. The Balaban J connectivity index is 1.85. The van der Waals surface area contributed by atoms with Gasteiger partial charge in [0.05, 0.1) is 0 Å². The van der Waals surface area contributed by atoms with Crippen LogP contribution in [0.25, 0.3) is 0 Å².